The average Bonchev–Trinajstić information content (AvgIpc) is 2.96. The van der Waals surface area contributed by atoms with Crippen molar-refractivity contribution in [3.63, 3.8) is 0 Å². The number of nitrogens with zero attached hydrogens (tertiary/aromatic N) is 3. The first-order valence-corrected chi connectivity index (χ1v) is 7.06. The Hall–Kier alpha value is -2.62. The Morgan fingerprint density at radius 2 is 2.30 bits per heavy atom. The number of non-ortho nitro benzene ring substituents is 1. The van der Waals surface area contributed by atoms with E-state index >= 15 is 0 Å². The number of anilines is 1. The van der Waals surface area contributed by atoms with Crippen LogP contribution in [0, 0.1) is 21.4 Å². The maximum atomic E-state index is 10.8. The van der Waals surface area contributed by atoms with Crippen LogP contribution in [0.4, 0.5) is 11.6 Å². The van der Waals surface area contributed by atoms with E-state index in [1.165, 1.54) is 12.1 Å². The zero-order valence-corrected chi connectivity index (χ0v) is 11.6. The van der Waals surface area contributed by atoms with Crippen LogP contribution in [0.15, 0.2) is 28.7 Å². The number of fused-ring (bicyclic) bond motifs is 1. The normalized spacial score (nSPS) is 10.6. The molecule has 7 nitrogen and oxygen atoms in total. The molecule has 8 heteroatoms. The van der Waals surface area contributed by atoms with Gasteiger partial charge in [0, 0.05) is 0 Å². The van der Waals surface area contributed by atoms with E-state index in [1.807, 2.05) is 6.07 Å². The van der Waals surface area contributed by atoms with Crippen LogP contribution in [-0.4, -0.2) is 23.6 Å². The molecule has 0 aliphatic heterocycles. The quantitative estimate of drug-likeness (QED) is 0.435. The van der Waals surface area contributed by atoms with Crippen molar-refractivity contribution in [3.05, 3.63) is 39.9 Å². The molecule has 0 atom stereocenters. The van der Waals surface area contributed by atoms with Crippen molar-refractivity contribution in [1.29, 1.82) is 5.26 Å². The van der Waals surface area contributed by atoms with Gasteiger partial charge in [-0.15, -0.1) is 0 Å². The van der Waals surface area contributed by atoms with Gasteiger partial charge >= 0.3 is 118 Å². The van der Waals surface area contributed by atoms with Crippen LogP contribution in [0.1, 0.15) is 5.56 Å². The fraction of sp³-hybridized carbons (Fsp3) is 0. The summed E-state index contributed by atoms with van der Waals surface area (Å²) in [6.45, 7) is 0. The van der Waals surface area contributed by atoms with Crippen LogP contribution in [0.3, 0.4) is 0 Å². The molecule has 98 valence electrons. The first-order valence-electron chi connectivity index (χ1n) is 5.44. The number of furan rings is 1. The van der Waals surface area contributed by atoms with Gasteiger partial charge in [0.1, 0.15) is 0 Å². The topological polar surface area (TPSA) is 119 Å². The van der Waals surface area contributed by atoms with Gasteiger partial charge in [-0.3, -0.25) is 0 Å². The molecule has 0 saturated heterocycles. The van der Waals surface area contributed by atoms with Gasteiger partial charge in [0.05, 0.1) is 0 Å². The summed E-state index contributed by atoms with van der Waals surface area (Å²) >= 11 is -0.289. The van der Waals surface area contributed by atoms with E-state index in [4.69, 9.17) is 15.4 Å². The molecule has 0 fully saturated rings. The predicted octanol–water partition coefficient (Wildman–Crippen LogP) is 1.91. The molecule has 2 aromatic heterocycles. The van der Waals surface area contributed by atoms with Crippen LogP contribution in [0.25, 0.3) is 21.1 Å². The van der Waals surface area contributed by atoms with E-state index in [-0.39, 0.29) is 31.9 Å². The second-order valence-electron chi connectivity index (χ2n) is 3.95. The fourth-order valence-electron chi connectivity index (χ4n) is 1.87. The Kier molecular flexibility index (Phi) is 2.79. The van der Waals surface area contributed by atoms with Gasteiger partial charge in [0.2, 0.25) is 0 Å². The van der Waals surface area contributed by atoms with Crippen molar-refractivity contribution in [3.8, 4) is 16.1 Å². The minimum atomic E-state index is -0.457. The summed E-state index contributed by atoms with van der Waals surface area (Å²) in [4.78, 5) is 10.4. The molecule has 0 saturated carbocycles. The molecule has 2 N–H and O–H groups in total. The summed E-state index contributed by atoms with van der Waals surface area (Å²) in [5.41, 5.74) is 7.40. The molecule has 0 aliphatic rings. The van der Waals surface area contributed by atoms with E-state index in [2.05, 4.69) is 3.98 Å². The molecule has 20 heavy (non-hydrogen) atoms. The number of nitrogens with two attached hydrogens (primary N) is 1. The molecule has 1 aromatic carbocycles. The zero-order chi connectivity index (χ0) is 14.3. The number of nitrogen functional groups attached to an aromatic ring is 1. The third-order valence-corrected chi connectivity index (χ3v) is 4.62. The third-order valence-electron chi connectivity index (χ3n) is 2.78. The van der Waals surface area contributed by atoms with E-state index in [0.29, 0.717) is 16.7 Å². The molecule has 3 aromatic rings. The van der Waals surface area contributed by atoms with Crippen molar-refractivity contribution in [2.45, 2.75) is 0 Å². The molecular formula is C12H6N4O3Se. The Bertz CT molecular complexity index is 875. The summed E-state index contributed by atoms with van der Waals surface area (Å²) in [6.07, 6.45) is 0. The van der Waals surface area contributed by atoms with Crippen molar-refractivity contribution in [2.24, 2.45) is 0 Å². The number of benzene rings is 1. The van der Waals surface area contributed by atoms with Crippen LogP contribution in [0.5, 0.6) is 0 Å². The molecule has 0 bridgehead atoms. The molecule has 0 aliphatic carbocycles. The molecule has 3 rings (SSSR count). The molecule has 0 amide bonds. The van der Waals surface area contributed by atoms with E-state index in [1.54, 1.807) is 12.1 Å². The summed E-state index contributed by atoms with van der Waals surface area (Å²) < 4.78 is 10.4. The van der Waals surface area contributed by atoms with Gasteiger partial charge in [-0.25, -0.2) is 0 Å². The molecule has 0 radical (unpaired) electrons. The average molecular weight is 333 g/mol. The van der Waals surface area contributed by atoms with E-state index in [0.717, 1.165) is 4.44 Å². The second kappa shape index (κ2) is 4.49. The molecular weight excluding hydrogens is 327 g/mol. The standard InChI is InChI=1S/C12H6N4O3Se/c13-5-8-9-10(19-12(8)14)11(20-15-9)6-2-1-3-7(4-6)16(17)18/h1-4H,14H2. The minimum absolute atomic E-state index is 0.000662. The molecule has 0 unspecified atom stereocenters. The summed E-state index contributed by atoms with van der Waals surface area (Å²) in [5, 5.41) is 19.8. The zero-order valence-electron chi connectivity index (χ0n) is 9.86. The summed E-state index contributed by atoms with van der Waals surface area (Å²) in [5.74, 6) is 0.0275. The number of hydrogen-bond donors (Lipinski definition) is 1. The maximum absolute atomic E-state index is 10.8. The number of hydrogen-bond acceptors (Lipinski definition) is 6. The van der Waals surface area contributed by atoms with Gasteiger partial charge in [-0.1, -0.05) is 0 Å². The number of rotatable bonds is 2. The Balaban J connectivity index is 2.23. The first-order chi connectivity index (χ1) is 9.61. The Labute approximate surface area is 118 Å². The van der Waals surface area contributed by atoms with Crippen LogP contribution >= 0.6 is 0 Å². The number of nitro groups is 1. The first kappa shape index (κ1) is 12.4. The molecule has 0 spiro atoms. The Morgan fingerprint density at radius 1 is 1.50 bits per heavy atom. The third kappa shape index (κ3) is 1.77. The summed E-state index contributed by atoms with van der Waals surface area (Å²) in [7, 11) is 0. The van der Waals surface area contributed by atoms with Crippen molar-refractivity contribution < 1.29 is 9.34 Å². The Morgan fingerprint density at radius 3 is 3.00 bits per heavy atom. The van der Waals surface area contributed by atoms with E-state index in [9.17, 15) is 10.1 Å². The second-order valence-corrected chi connectivity index (χ2v) is 5.57. The van der Waals surface area contributed by atoms with Crippen LogP contribution in [0.2, 0.25) is 0 Å². The van der Waals surface area contributed by atoms with Crippen LogP contribution in [-0.2, 0) is 0 Å². The van der Waals surface area contributed by atoms with Gasteiger partial charge in [0.25, 0.3) is 0 Å². The molecule has 2 heterocycles. The van der Waals surface area contributed by atoms with Crippen LogP contribution < -0.4 is 5.73 Å². The van der Waals surface area contributed by atoms with Crippen molar-refractivity contribution >= 4 is 37.4 Å². The number of aromatic nitrogens is 1. The number of nitriles is 1. The van der Waals surface area contributed by atoms with Crippen molar-refractivity contribution in [2.75, 3.05) is 5.73 Å². The summed E-state index contributed by atoms with van der Waals surface area (Å²) in [6, 6.07) is 8.19. The number of nitro benzene ring substituents is 1. The van der Waals surface area contributed by atoms with Gasteiger partial charge in [-0.2, -0.15) is 0 Å². The van der Waals surface area contributed by atoms with E-state index < -0.39 is 4.92 Å². The predicted molar refractivity (Wildman–Crippen MR) is 72.2 cm³/mol. The van der Waals surface area contributed by atoms with Gasteiger partial charge in [-0.05, 0) is 0 Å². The van der Waals surface area contributed by atoms with Gasteiger partial charge < -0.3 is 0 Å². The van der Waals surface area contributed by atoms with Gasteiger partial charge in [0.15, 0.2) is 0 Å². The SMILES string of the molecule is N#Cc1c(N)oc2c(-c3cccc([N+](=O)[O-])c3)[se]nc12. The van der Waals surface area contributed by atoms with Crippen molar-refractivity contribution in [1.82, 2.24) is 3.98 Å². The fourth-order valence-corrected chi connectivity index (χ4v) is 3.57. The monoisotopic (exact) mass is 334 g/mol.